The molecule has 21 heavy (non-hydrogen) atoms. The highest BCUT2D eigenvalue weighted by atomic mass is 19.6. The number of hydrogen-bond acceptors (Lipinski definition) is 3. The Morgan fingerprint density at radius 2 is 1.29 bits per heavy atom. The maximum absolute atomic E-state index is 10.9. The van der Waals surface area contributed by atoms with Crippen LogP contribution in [0.25, 0.3) is 0 Å². The fourth-order valence-electron chi connectivity index (χ4n) is 1.68. The van der Waals surface area contributed by atoms with E-state index in [2.05, 4.69) is 0 Å². The molecule has 0 saturated heterocycles. The van der Waals surface area contributed by atoms with Gasteiger partial charge in [-0.1, -0.05) is 36.4 Å². The third-order valence-electron chi connectivity index (χ3n) is 2.43. The van der Waals surface area contributed by atoms with Crippen LogP contribution in [0.5, 0.6) is 0 Å². The van der Waals surface area contributed by atoms with Crippen LogP contribution in [-0.2, 0) is 9.94 Å². The second-order valence-electron chi connectivity index (χ2n) is 3.71. The Balaban J connectivity index is 0.000000922. The predicted molar refractivity (Wildman–Crippen MR) is 80.8 cm³/mol. The largest absolute Gasteiger partial charge is 0.480 e. The Morgan fingerprint density at radius 1 is 0.952 bits per heavy atom. The van der Waals surface area contributed by atoms with E-state index in [9.17, 15) is 4.79 Å². The van der Waals surface area contributed by atoms with Crippen molar-refractivity contribution in [2.75, 3.05) is 11.4 Å². The van der Waals surface area contributed by atoms with Crippen LogP contribution in [-0.4, -0.2) is 26.0 Å². The van der Waals surface area contributed by atoms with Gasteiger partial charge >= 0.3 is 5.97 Å². The first kappa shape index (κ1) is 18.6. The summed E-state index contributed by atoms with van der Waals surface area (Å²) >= 11 is 0. The van der Waals surface area contributed by atoms with Gasteiger partial charge in [-0.3, -0.25) is 4.79 Å². The van der Waals surface area contributed by atoms with Gasteiger partial charge in [0, 0.05) is 16.5 Å². The van der Waals surface area contributed by atoms with Crippen molar-refractivity contribution in [2.24, 2.45) is 0 Å². The van der Waals surface area contributed by atoms with Gasteiger partial charge in [0.15, 0.2) is 0 Å². The van der Waals surface area contributed by atoms with E-state index in [0.717, 1.165) is 11.4 Å². The molecule has 4 nitrogen and oxygen atoms in total. The van der Waals surface area contributed by atoms with Gasteiger partial charge in [-0.25, -0.2) is 0 Å². The topological polar surface area (TPSA) is 49.8 Å². The molecule has 0 radical (unpaired) electrons. The molecule has 0 unspecified atom stereocenters. The molecular formula is C14H16BF2NO3. The summed E-state index contributed by atoms with van der Waals surface area (Å²) in [5.74, 6) is -0.849. The highest BCUT2D eigenvalue weighted by molar-refractivity contribution is 5.78. The molecule has 0 amide bonds. The van der Waals surface area contributed by atoms with Gasteiger partial charge in [0.2, 0.25) is 0 Å². The van der Waals surface area contributed by atoms with Crippen molar-refractivity contribution in [3.8, 4) is 0 Å². The molecule has 112 valence electrons. The van der Waals surface area contributed by atoms with Gasteiger partial charge in [0.1, 0.15) is 6.54 Å². The number of para-hydroxylation sites is 2. The number of carbonyl (C=O) groups is 1. The third-order valence-corrected chi connectivity index (χ3v) is 2.43. The first-order chi connectivity index (χ1) is 9.69. The van der Waals surface area contributed by atoms with Crippen molar-refractivity contribution < 1.29 is 24.1 Å². The summed E-state index contributed by atoms with van der Waals surface area (Å²) in [6, 6.07) is 19.0. The van der Waals surface area contributed by atoms with Gasteiger partial charge in [0.05, 0.1) is 8.41 Å². The van der Waals surface area contributed by atoms with E-state index in [4.69, 9.17) is 14.2 Å². The molecule has 0 fully saturated rings. The lowest BCUT2D eigenvalue weighted by atomic mass is 10.2. The maximum Gasteiger partial charge on any atom is 0.323 e. The van der Waals surface area contributed by atoms with Gasteiger partial charge in [-0.2, -0.15) is 0 Å². The molecule has 0 aliphatic heterocycles. The summed E-state index contributed by atoms with van der Waals surface area (Å²) in [7, 11) is 0. The smallest absolute Gasteiger partial charge is 0.323 e. The van der Waals surface area contributed by atoms with E-state index < -0.39 is 5.97 Å². The summed E-state index contributed by atoms with van der Waals surface area (Å²) in [6.07, 6.45) is 0. The highest BCUT2D eigenvalue weighted by Crippen LogP contribution is 2.24. The minimum absolute atomic E-state index is 0. The lowest BCUT2D eigenvalue weighted by molar-refractivity contribution is -0.317. The molecule has 0 heterocycles. The van der Waals surface area contributed by atoms with Crippen LogP contribution in [0, 0.1) is 0 Å². The fraction of sp³-hybridized carbons (Fsp3) is 0.0714. The molecule has 0 aliphatic carbocycles. The van der Waals surface area contributed by atoms with Crippen molar-refractivity contribution in [1.29, 1.82) is 0 Å². The third kappa shape index (κ3) is 6.53. The Kier molecular flexibility index (Phi) is 9.20. The standard InChI is InChI=1S/C14H13NO2.BH3.F2O/c16-14(17)11-15(12-7-3-1-4-8-12)13-9-5-2-6-10-13;;1-3-2/h1-10H,11H2,(H,16,17);1H3;. The number of anilines is 2. The monoisotopic (exact) mass is 295 g/mol. The maximum atomic E-state index is 10.9. The zero-order chi connectivity index (χ0) is 14.8. The van der Waals surface area contributed by atoms with Crippen LogP contribution < -0.4 is 4.90 Å². The van der Waals surface area contributed by atoms with E-state index in [-0.39, 0.29) is 15.0 Å². The molecule has 2 rings (SSSR count). The van der Waals surface area contributed by atoms with Crippen LogP contribution in [0.1, 0.15) is 0 Å². The summed E-state index contributed by atoms with van der Waals surface area (Å²) in [5.41, 5.74) is 1.75. The van der Waals surface area contributed by atoms with Crippen molar-refractivity contribution >= 4 is 25.8 Å². The van der Waals surface area contributed by atoms with Gasteiger partial charge in [-0.05, 0) is 33.3 Å². The van der Waals surface area contributed by atoms with Gasteiger partial charge in [-0.15, -0.1) is 0 Å². The zero-order valence-corrected chi connectivity index (χ0v) is 10.4. The van der Waals surface area contributed by atoms with Gasteiger partial charge < -0.3 is 10.0 Å². The summed E-state index contributed by atoms with van der Waals surface area (Å²) < 4.78 is 18.2. The van der Waals surface area contributed by atoms with E-state index in [1.54, 1.807) is 4.90 Å². The van der Waals surface area contributed by atoms with Crippen LogP contribution in [0.3, 0.4) is 0 Å². The zero-order valence-electron chi connectivity index (χ0n) is 10.4. The highest BCUT2D eigenvalue weighted by Gasteiger charge is 2.11. The number of nitrogens with zero attached hydrogens (tertiary/aromatic N) is 1. The Morgan fingerprint density at radius 3 is 1.57 bits per heavy atom. The van der Waals surface area contributed by atoms with E-state index in [1.165, 1.54) is 5.15 Å². The first-order valence-corrected chi connectivity index (χ1v) is 5.67. The lowest BCUT2D eigenvalue weighted by Crippen LogP contribution is -2.24. The van der Waals surface area contributed by atoms with Crippen LogP contribution in [0.2, 0.25) is 0 Å². The molecule has 0 aliphatic rings. The van der Waals surface area contributed by atoms with Gasteiger partial charge in [0.25, 0.3) is 0 Å². The minimum Gasteiger partial charge on any atom is -0.480 e. The number of carboxylic acid groups (broad SMARTS) is 1. The second kappa shape index (κ2) is 10.4. The molecule has 0 spiro atoms. The van der Waals surface area contributed by atoms with Crippen LogP contribution in [0.15, 0.2) is 60.7 Å². The molecule has 1 N–H and O–H groups in total. The quantitative estimate of drug-likeness (QED) is 0.880. The van der Waals surface area contributed by atoms with Crippen LogP contribution >= 0.6 is 0 Å². The SMILES string of the molecule is B.FOF.O=C(O)CN(c1ccccc1)c1ccccc1. The number of hydrogen-bond donors (Lipinski definition) is 1. The molecule has 2 aromatic carbocycles. The average molecular weight is 295 g/mol. The van der Waals surface area contributed by atoms with E-state index >= 15 is 0 Å². The first-order valence-electron chi connectivity index (χ1n) is 5.67. The van der Waals surface area contributed by atoms with Crippen molar-refractivity contribution in [2.45, 2.75) is 0 Å². The molecule has 2 aromatic rings. The Hall–Kier alpha value is -2.41. The number of rotatable bonds is 4. The van der Waals surface area contributed by atoms with E-state index in [1.807, 2.05) is 60.7 Å². The van der Waals surface area contributed by atoms with E-state index in [0.29, 0.717) is 0 Å². The Bertz CT molecular complexity index is 475. The number of halogens is 2. The Labute approximate surface area is 123 Å². The normalized spacial score (nSPS) is 8.86. The van der Waals surface area contributed by atoms with Crippen molar-refractivity contribution in [3.05, 3.63) is 60.7 Å². The molecule has 7 heteroatoms. The molecule has 0 atom stereocenters. The average Bonchev–Trinajstić information content (AvgIpc) is 2.47. The molecular weight excluding hydrogens is 279 g/mol. The second-order valence-corrected chi connectivity index (χ2v) is 3.71. The molecule has 0 saturated carbocycles. The number of benzene rings is 2. The summed E-state index contributed by atoms with van der Waals surface area (Å²) in [4.78, 5) is 12.7. The number of carboxylic acids is 1. The van der Waals surface area contributed by atoms with Crippen molar-refractivity contribution in [3.63, 3.8) is 0 Å². The summed E-state index contributed by atoms with van der Waals surface area (Å²) in [5, 5.41) is 10.2. The van der Waals surface area contributed by atoms with Crippen molar-refractivity contribution in [1.82, 2.24) is 0 Å². The lowest BCUT2D eigenvalue weighted by Gasteiger charge is -2.22. The minimum atomic E-state index is -0.849. The fourth-order valence-corrected chi connectivity index (χ4v) is 1.68. The molecule has 0 bridgehead atoms. The van der Waals surface area contributed by atoms with Crippen LogP contribution in [0.4, 0.5) is 20.4 Å². The predicted octanol–water partition coefficient (Wildman–Crippen LogP) is 2.50. The summed E-state index contributed by atoms with van der Waals surface area (Å²) in [6.45, 7) is -0.0476. The number of aliphatic carboxylic acids is 1. The molecule has 0 aromatic heterocycles.